The fourth-order valence-corrected chi connectivity index (χ4v) is 5.22. The zero-order valence-corrected chi connectivity index (χ0v) is 26.2. The maximum atomic E-state index is 13.5. The molecule has 0 spiro atoms. The van der Waals surface area contributed by atoms with Crippen LogP contribution >= 0.6 is 0 Å². The summed E-state index contributed by atoms with van der Waals surface area (Å²) in [5.74, 6) is 1.97. The van der Waals surface area contributed by atoms with Gasteiger partial charge in [-0.15, -0.1) is 0 Å². The molecular weight excluding hydrogens is 567 g/mol. The molecule has 0 aliphatic carbocycles. The number of ether oxygens (including phenoxy) is 5. The Morgan fingerprint density at radius 2 is 1.68 bits per heavy atom. The van der Waals surface area contributed by atoms with Crippen molar-refractivity contribution in [3.63, 3.8) is 0 Å². The maximum Gasteiger partial charge on any atom is 0.256 e. The summed E-state index contributed by atoms with van der Waals surface area (Å²) in [4.78, 5) is 19.3. The number of hydrogen-bond donors (Lipinski definition) is 1. The summed E-state index contributed by atoms with van der Waals surface area (Å²) >= 11 is 0. The minimum Gasteiger partial charge on any atom is -0.508 e. The van der Waals surface area contributed by atoms with Crippen LogP contribution in [0.15, 0.2) is 53.5 Å². The molecule has 1 N–H and O–H groups in total. The first-order chi connectivity index (χ1) is 21.1. The van der Waals surface area contributed by atoms with Crippen molar-refractivity contribution in [2.45, 2.75) is 52.5 Å². The Morgan fingerprint density at radius 1 is 0.955 bits per heavy atom. The second kappa shape index (κ2) is 14.3. The molecule has 2 heterocycles. The number of halogens is 1. The Hall–Kier alpha value is -4.47. The van der Waals surface area contributed by atoms with Crippen molar-refractivity contribution in [1.29, 1.82) is 0 Å². The van der Waals surface area contributed by atoms with E-state index < -0.39 is 5.82 Å². The van der Waals surface area contributed by atoms with Crippen molar-refractivity contribution in [2.75, 3.05) is 34.5 Å². The van der Waals surface area contributed by atoms with Crippen molar-refractivity contribution >= 4 is 17.8 Å². The first kappa shape index (κ1) is 32.4. The van der Waals surface area contributed by atoms with Crippen LogP contribution in [0, 0.1) is 11.2 Å². The summed E-state index contributed by atoms with van der Waals surface area (Å²) in [7, 11) is 4.62. The molecule has 44 heavy (non-hydrogen) atoms. The van der Waals surface area contributed by atoms with Crippen LogP contribution in [0.25, 0.3) is 0 Å². The van der Waals surface area contributed by atoms with Gasteiger partial charge in [0.1, 0.15) is 11.5 Å². The average Bonchev–Trinajstić information content (AvgIpc) is 3.44. The number of aliphatic imine (C=N–C) groups is 1. The van der Waals surface area contributed by atoms with Gasteiger partial charge in [-0.25, -0.2) is 4.39 Å². The van der Waals surface area contributed by atoms with Gasteiger partial charge >= 0.3 is 0 Å². The highest BCUT2D eigenvalue weighted by molar-refractivity contribution is 6.03. The molecule has 9 nitrogen and oxygen atoms in total. The lowest BCUT2D eigenvalue weighted by atomic mass is 9.89. The molecule has 3 aromatic rings. The van der Waals surface area contributed by atoms with Gasteiger partial charge in [0.05, 0.1) is 45.2 Å². The van der Waals surface area contributed by atoms with Gasteiger partial charge in [-0.3, -0.25) is 9.79 Å². The molecule has 1 unspecified atom stereocenters. The van der Waals surface area contributed by atoms with Gasteiger partial charge in [-0.05, 0) is 55.0 Å². The van der Waals surface area contributed by atoms with Gasteiger partial charge in [0.15, 0.2) is 34.6 Å². The number of amides is 1. The van der Waals surface area contributed by atoms with E-state index in [1.807, 2.05) is 17.2 Å². The van der Waals surface area contributed by atoms with Crippen LogP contribution in [0.3, 0.4) is 0 Å². The number of benzene rings is 3. The average molecular weight is 609 g/mol. The van der Waals surface area contributed by atoms with Gasteiger partial charge < -0.3 is 33.7 Å². The molecule has 5 rings (SSSR count). The summed E-state index contributed by atoms with van der Waals surface area (Å²) in [6, 6.07) is 12.1. The Bertz CT molecular complexity index is 1490. The van der Waals surface area contributed by atoms with Gasteiger partial charge in [0.25, 0.3) is 5.91 Å². The fraction of sp³-hybridized carbons (Fsp3) is 0.412. The van der Waals surface area contributed by atoms with Crippen molar-refractivity contribution in [2.24, 2.45) is 10.4 Å². The van der Waals surface area contributed by atoms with Crippen molar-refractivity contribution in [3.8, 4) is 40.2 Å². The first-order valence-electron chi connectivity index (χ1n) is 14.7. The fourth-order valence-electron chi connectivity index (χ4n) is 5.22. The van der Waals surface area contributed by atoms with Crippen LogP contribution in [-0.4, -0.2) is 62.7 Å². The molecule has 2 aliphatic rings. The number of fused-ring (bicyclic) bond motifs is 2. The lowest BCUT2D eigenvalue weighted by molar-refractivity contribution is 0.0774. The van der Waals surface area contributed by atoms with Gasteiger partial charge in [0.2, 0.25) is 0 Å². The number of phenolic OH excluding ortho intramolecular Hbond substituents is 1. The normalized spacial score (nSPS) is 15.4. The Labute approximate surface area is 258 Å². The number of carbonyl (C=O) groups excluding carboxylic acids is 1. The number of hydrogen-bond acceptors (Lipinski definition) is 8. The van der Waals surface area contributed by atoms with E-state index in [0.29, 0.717) is 46.6 Å². The number of methoxy groups -OCH3 is 3. The number of aromatic hydroxyl groups is 1. The second-order valence-electron chi connectivity index (χ2n) is 11.4. The van der Waals surface area contributed by atoms with E-state index in [9.17, 15) is 14.3 Å². The van der Waals surface area contributed by atoms with Crippen LogP contribution in [0.2, 0.25) is 0 Å². The third-order valence-corrected chi connectivity index (χ3v) is 7.50. The van der Waals surface area contributed by atoms with Crippen LogP contribution < -0.4 is 23.7 Å². The number of rotatable bonds is 10. The number of nitrogens with zero attached hydrogens (tertiary/aromatic N) is 2. The highest BCUT2D eigenvalue weighted by atomic mass is 19.1. The molecule has 1 atom stereocenters. The molecule has 0 bridgehead atoms. The smallest absolute Gasteiger partial charge is 0.256 e. The lowest BCUT2D eigenvalue weighted by Crippen LogP contribution is -2.35. The molecule has 236 valence electrons. The molecule has 1 fully saturated rings. The third-order valence-electron chi connectivity index (χ3n) is 7.50. The van der Waals surface area contributed by atoms with E-state index >= 15 is 0 Å². The maximum absolute atomic E-state index is 13.5. The monoisotopic (exact) mass is 608 g/mol. The molecule has 3 aromatic carbocycles. The minimum atomic E-state index is -0.562. The molecule has 1 amide bonds. The highest BCUT2D eigenvalue weighted by Crippen LogP contribution is 2.39. The lowest BCUT2D eigenvalue weighted by Gasteiger charge is -2.25. The zero-order chi connectivity index (χ0) is 31.9. The Kier molecular flexibility index (Phi) is 10.6. The second-order valence-corrected chi connectivity index (χ2v) is 11.4. The summed E-state index contributed by atoms with van der Waals surface area (Å²) in [6.45, 7) is 7.96. The minimum absolute atomic E-state index is 0.0335. The summed E-state index contributed by atoms with van der Waals surface area (Å²) in [5, 5.41) is 9.31. The SMILES string of the molecule is CCCC(C)(C)COc1cc2c(cc1OC)C(=O)N1CCCC1C=N2.COc1ccc(Oc2cc(O)ccc2F)cc1OC. The predicted octanol–water partition coefficient (Wildman–Crippen LogP) is 7.56. The highest BCUT2D eigenvalue weighted by Gasteiger charge is 2.32. The topological polar surface area (TPSA) is 99.1 Å². The van der Waals surface area contributed by atoms with Gasteiger partial charge in [-0.2, -0.15) is 0 Å². The molecule has 0 saturated carbocycles. The summed E-state index contributed by atoms with van der Waals surface area (Å²) < 4.78 is 40.6. The molecule has 10 heteroatoms. The molecular formula is C34H41FN2O7. The molecule has 2 aliphatic heterocycles. The molecule has 0 radical (unpaired) electrons. The van der Waals surface area contributed by atoms with Crippen LogP contribution in [0.4, 0.5) is 10.1 Å². The van der Waals surface area contributed by atoms with Crippen molar-refractivity contribution in [1.82, 2.24) is 4.90 Å². The van der Waals surface area contributed by atoms with Gasteiger partial charge in [0, 0.05) is 31.0 Å². The van der Waals surface area contributed by atoms with Gasteiger partial charge in [-0.1, -0.05) is 27.2 Å². The largest absolute Gasteiger partial charge is 0.508 e. The van der Waals surface area contributed by atoms with E-state index in [2.05, 4.69) is 25.8 Å². The van der Waals surface area contributed by atoms with Crippen LogP contribution in [0.5, 0.6) is 40.2 Å². The van der Waals surface area contributed by atoms with Crippen molar-refractivity contribution in [3.05, 3.63) is 59.9 Å². The summed E-state index contributed by atoms with van der Waals surface area (Å²) in [5.41, 5.74) is 1.36. The van der Waals surface area contributed by atoms with E-state index in [1.54, 1.807) is 31.4 Å². The van der Waals surface area contributed by atoms with E-state index in [1.165, 1.54) is 26.4 Å². The molecule has 1 saturated heterocycles. The third kappa shape index (κ3) is 7.72. The first-order valence-corrected chi connectivity index (χ1v) is 14.7. The number of carbonyl (C=O) groups is 1. The Balaban J connectivity index is 0.000000209. The zero-order valence-electron chi connectivity index (χ0n) is 26.2. The predicted molar refractivity (Wildman–Crippen MR) is 167 cm³/mol. The van der Waals surface area contributed by atoms with E-state index in [-0.39, 0.29) is 28.9 Å². The standard InChI is InChI=1S/C20H28N2O3.C14H13FO4/c1-5-8-20(2,3)13-25-18-11-16-15(10-17(18)24-4)19(23)22-9-6-7-14(22)12-21-16;1-17-12-6-4-10(8-14(12)18-2)19-13-7-9(16)3-5-11(13)15/h10-12,14H,5-9,13H2,1-4H3;3-8,16H,1-2H3. The summed E-state index contributed by atoms with van der Waals surface area (Å²) in [6.07, 6.45) is 6.12. The quantitative estimate of drug-likeness (QED) is 0.254. The van der Waals surface area contributed by atoms with Crippen LogP contribution in [-0.2, 0) is 0 Å². The van der Waals surface area contributed by atoms with E-state index in [4.69, 9.17) is 23.7 Å². The molecule has 0 aromatic heterocycles. The van der Waals surface area contributed by atoms with E-state index in [0.717, 1.165) is 38.3 Å². The van der Waals surface area contributed by atoms with Crippen molar-refractivity contribution < 1.29 is 38.0 Å². The Morgan fingerprint density at radius 3 is 2.39 bits per heavy atom. The van der Waals surface area contributed by atoms with Crippen LogP contribution in [0.1, 0.15) is 56.8 Å². The number of phenols is 1.